The standard InChI is InChI=1S/C15H18ClN3OS/c1-2-9-17-14-5-3-4-12(19-14)15(20)18-10-8-11-6-7-13(16)21-11/h3-7H,2,8-10H2,1H3,(H,17,19)(H,18,20). The number of aromatic nitrogens is 1. The number of thiophene rings is 1. The third-order valence-electron chi connectivity index (χ3n) is 2.82. The summed E-state index contributed by atoms with van der Waals surface area (Å²) in [5.74, 6) is 0.576. The third kappa shape index (κ3) is 5.02. The van der Waals surface area contributed by atoms with E-state index in [1.807, 2.05) is 24.3 Å². The van der Waals surface area contributed by atoms with Crippen LogP contribution in [0.1, 0.15) is 28.7 Å². The molecule has 0 aromatic carbocycles. The van der Waals surface area contributed by atoms with Crippen LogP contribution in [0.15, 0.2) is 30.3 Å². The highest BCUT2D eigenvalue weighted by Crippen LogP contribution is 2.21. The zero-order valence-electron chi connectivity index (χ0n) is 11.9. The van der Waals surface area contributed by atoms with Crippen molar-refractivity contribution in [3.63, 3.8) is 0 Å². The smallest absolute Gasteiger partial charge is 0.269 e. The summed E-state index contributed by atoms with van der Waals surface area (Å²) >= 11 is 7.41. The molecule has 0 radical (unpaired) electrons. The van der Waals surface area contributed by atoms with Gasteiger partial charge < -0.3 is 10.6 Å². The zero-order chi connectivity index (χ0) is 15.1. The molecule has 1 amide bonds. The number of hydrogen-bond acceptors (Lipinski definition) is 4. The molecule has 2 N–H and O–H groups in total. The minimum Gasteiger partial charge on any atom is -0.370 e. The molecule has 0 fully saturated rings. The van der Waals surface area contributed by atoms with Gasteiger partial charge in [0.2, 0.25) is 0 Å². The number of rotatable bonds is 7. The lowest BCUT2D eigenvalue weighted by molar-refractivity contribution is 0.0949. The van der Waals surface area contributed by atoms with Gasteiger partial charge in [0.25, 0.3) is 5.91 Å². The zero-order valence-corrected chi connectivity index (χ0v) is 13.4. The summed E-state index contributed by atoms with van der Waals surface area (Å²) in [5, 5.41) is 6.04. The maximum absolute atomic E-state index is 12.0. The molecule has 2 heterocycles. The predicted molar refractivity (Wildman–Crippen MR) is 88.4 cm³/mol. The normalized spacial score (nSPS) is 10.4. The van der Waals surface area contributed by atoms with Gasteiger partial charge in [0, 0.05) is 18.0 Å². The maximum atomic E-state index is 12.0. The number of anilines is 1. The summed E-state index contributed by atoms with van der Waals surface area (Å²) < 4.78 is 0.771. The van der Waals surface area contributed by atoms with Crippen LogP contribution in [-0.4, -0.2) is 24.0 Å². The monoisotopic (exact) mass is 323 g/mol. The predicted octanol–water partition coefficient (Wildman–Crippen LogP) is 3.59. The summed E-state index contributed by atoms with van der Waals surface area (Å²) in [6.07, 6.45) is 1.79. The Morgan fingerprint density at radius 2 is 2.14 bits per heavy atom. The van der Waals surface area contributed by atoms with Gasteiger partial charge in [0.1, 0.15) is 11.5 Å². The quantitative estimate of drug-likeness (QED) is 0.818. The first-order valence-electron chi connectivity index (χ1n) is 6.92. The van der Waals surface area contributed by atoms with Gasteiger partial charge in [-0.05, 0) is 37.1 Å². The van der Waals surface area contributed by atoms with Crippen LogP contribution in [0, 0.1) is 0 Å². The van der Waals surface area contributed by atoms with Crippen LogP contribution in [0.3, 0.4) is 0 Å². The molecular formula is C15H18ClN3OS. The molecule has 0 aliphatic carbocycles. The van der Waals surface area contributed by atoms with Crippen LogP contribution in [0.4, 0.5) is 5.82 Å². The Balaban J connectivity index is 1.85. The molecule has 0 aliphatic heterocycles. The van der Waals surface area contributed by atoms with Crippen molar-refractivity contribution in [1.29, 1.82) is 0 Å². The molecule has 112 valence electrons. The van der Waals surface area contributed by atoms with E-state index in [4.69, 9.17) is 11.6 Å². The fraction of sp³-hybridized carbons (Fsp3) is 0.333. The van der Waals surface area contributed by atoms with E-state index < -0.39 is 0 Å². The van der Waals surface area contributed by atoms with Crippen molar-refractivity contribution >= 4 is 34.7 Å². The number of nitrogens with zero attached hydrogens (tertiary/aromatic N) is 1. The number of halogens is 1. The maximum Gasteiger partial charge on any atom is 0.269 e. The van der Waals surface area contributed by atoms with Gasteiger partial charge in [-0.25, -0.2) is 4.98 Å². The summed E-state index contributed by atoms with van der Waals surface area (Å²) in [6, 6.07) is 9.26. The van der Waals surface area contributed by atoms with Crippen molar-refractivity contribution < 1.29 is 4.79 Å². The number of nitrogens with one attached hydrogen (secondary N) is 2. The van der Waals surface area contributed by atoms with Crippen molar-refractivity contribution in [2.75, 3.05) is 18.4 Å². The van der Waals surface area contributed by atoms with Crippen molar-refractivity contribution in [1.82, 2.24) is 10.3 Å². The minimum atomic E-state index is -0.155. The van der Waals surface area contributed by atoms with Crippen molar-refractivity contribution in [3.8, 4) is 0 Å². The highest BCUT2D eigenvalue weighted by molar-refractivity contribution is 7.16. The van der Waals surface area contributed by atoms with E-state index in [1.165, 1.54) is 11.3 Å². The van der Waals surface area contributed by atoms with Gasteiger partial charge in [-0.1, -0.05) is 24.6 Å². The van der Waals surface area contributed by atoms with Crippen LogP contribution in [0.2, 0.25) is 4.34 Å². The molecule has 2 rings (SSSR count). The number of hydrogen-bond donors (Lipinski definition) is 2. The summed E-state index contributed by atoms with van der Waals surface area (Å²) in [6.45, 7) is 3.50. The fourth-order valence-corrected chi connectivity index (χ4v) is 2.88. The molecular weight excluding hydrogens is 306 g/mol. The van der Waals surface area contributed by atoms with Gasteiger partial charge in [-0.15, -0.1) is 11.3 Å². The van der Waals surface area contributed by atoms with E-state index in [-0.39, 0.29) is 5.91 Å². The van der Waals surface area contributed by atoms with Gasteiger partial charge in [0.05, 0.1) is 4.34 Å². The summed E-state index contributed by atoms with van der Waals surface area (Å²) in [7, 11) is 0. The van der Waals surface area contributed by atoms with Gasteiger partial charge in [-0.2, -0.15) is 0 Å². The van der Waals surface area contributed by atoms with Crippen molar-refractivity contribution in [3.05, 3.63) is 45.2 Å². The van der Waals surface area contributed by atoms with Crippen LogP contribution >= 0.6 is 22.9 Å². The molecule has 0 bridgehead atoms. The first kappa shape index (κ1) is 15.8. The molecule has 21 heavy (non-hydrogen) atoms. The fourth-order valence-electron chi connectivity index (χ4n) is 1.79. The topological polar surface area (TPSA) is 54.0 Å². The Morgan fingerprint density at radius 1 is 1.29 bits per heavy atom. The lowest BCUT2D eigenvalue weighted by Crippen LogP contribution is -2.26. The molecule has 0 aliphatic rings. The second kappa shape index (κ2) is 8.00. The Kier molecular flexibility index (Phi) is 6.02. The summed E-state index contributed by atoms with van der Waals surface area (Å²) in [5.41, 5.74) is 0.431. The second-order valence-corrected chi connectivity index (χ2v) is 6.35. The Hall–Kier alpha value is -1.59. The van der Waals surface area contributed by atoms with Gasteiger partial charge in [-0.3, -0.25) is 4.79 Å². The lowest BCUT2D eigenvalue weighted by atomic mass is 10.3. The van der Waals surface area contributed by atoms with E-state index in [9.17, 15) is 4.79 Å². The molecule has 0 saturated heterocycles. The van der Waals surface area contributed by atoms with Gasteiger partial charge >= 0.3 is 0 Å². The molecule has 0 atom stereocenters. The molecule has 0 spiro atoms. The van der Waals surface area contributed by atoms with Crippen LogP contribution in [0.5, 0.6) is 0 Å². The number of carbonyl (C=O) groups excluding carboxylic acids is 1. The van der Waals surface area contributed by atoms with Crippen LogP contribution in [0.25, 0.3) is 0 Å². The average molecular weight is 324 g/mol. The number of pyridine rings is 1. The minimum absolute atomic E-state index is 0.155. The highest BCUT2D eigenvalue weighted by Gasteiger charge is 2.07. The Labute approximate surface area is 133 Å². The number of carbonyl (C=O) groups is 1. The third-order valence-corrected chi connectivity index (χ3v) is 4.11. The first-order chi connectivity index (χ1) is 10.2. The Bertz CT molecular complexity index is 600. The van der Waals surface area contributed by atoms with Crippen molar-refractivity contribution in [2.45, 2.75) is 19.8 Å². The van der Waals surface area contributed by atoms with Crippen LogP contribution in [-0.2, 0) is 6.42 Å². The molecule has 2 aromatic heterocycles. The molecule has 4 nitrogen and oxygen atoms in total. The van der Waals surface area contributed by atoms with Gasteiger partial charge in [0.15, 0.2) is 0 Å². The van der Waals surface area contributed by atoms with E-state index in [1.54, 1.807) is 6.07 Å². The lowest BCUT2D eigenvalue weighted by Gasteiger charge is -2.07. The van der Waals surface area contributed by atoms with E-state index >= 15 is 0 Å². The molecule has 2 aromatic rings. The number of amides is 1. The first-order valence-corrected chi connectivity index (χ1v) is 8.12. The van der Waals surface area contributed by atoms with Crippen LogP contribution < -0.4 is 10.6 Å². The van der Waals surface area contributed by atoms with Crippen molar-refractivity contribution in [2.24, 2.45) is 0 Å². The summed E-state index contributed by atoms with van der Waals surface area (Å²) in [4.78, 5) is 17.5. The van der Waals surface area contributed by atoms with E-state index in [0.29, 0.717) is 12.2 Å². The molecule has 0 unspecified atom stereocenters. The SMILES string of the molecule is CCCNc1cccc(C(=O)NCCc2ccc(Cl)s2)n1. The Morgan fingerprint density at radius 3 is 2.86 bits per heavy atom. The largest absolute Gasteiger partial charge is 0.370 e. The van der Waals surface area contributed by atoms with E-state index in [2.05, 4.69) is 22.5 Å². The van der Waals surface area contributed by atoms with E-state index in [0.717, 1.165) is 34.4 Å². The highest BCUT2D eigenvalue weighted by atomic mass is 35.5. The average Bonchev–Trinajstić information content (AvgIpc) is 2.91. The molecule has 6 heteroatoms. The second-order valence-electron chi connectivity index (χ2n) is 4.55. The molecule has 0 saturated carbocycles.